The molecule has 0 aromatic heterocycles. The van der Waals surface area contributed by atoms with Crippen molar-refractivity contribution in [3.8, 4) is 6.07 Å². The van der Waals surface area contributed by atoms with Crippen molar-refractivity contribution >= 4 is 11.9 Å². The third-order valence-corrected chi connectivity index (χ3v) is 2.97. The summed E-state index contributed by atoms with van der Waals surface area (Å²) in [6, 6.07) is 2.04. The summed E-state index contributed by atoms with van der Waals surface area (Å²) in [5.74, 6) is -1.22. The van der Waals surface area contributed by atoms with Crippen molar-refractivity contribution in [2.75, 3.05) is 6.61 Å². The molecule has 0 aliphatic carbocycles. The molecule has 1 aliphatic heterocycles. The van der Waals surface area contributed by atoms with Gasteiger partial charge in [0.05, 0.1) is 18.2 Å². The average molecular weight is 250 g/mol. The molecule has 0 spiro atoms. The fraction of sp³-hybridized carbons (Fsp3) is 0.615. The maximum Gasteiger partial charge on any atom is 0.337 e. The van der Waals surface area contributed by atoms with Crippen LogP contribution in [0.15, 0.2) is 11.3 Å². The molecule has 0 aromatic carbocycles. The molecule has 0 amide bonds. The zero-order chi connectivity index (χ0) is 13.9. The quantitative estimate of drug-likeness (QED) is 0.778. The van der Waals surface area contributed by atoms with Crippen molar-refractivity contribution in [1.29, 1.82) is 10.7 Å². The molecule has 1 N–H and O–H groups in total. The van der Waals surface area contributed by atoms with Gasteiger partial charge < -0.3 is 9.47 Å². The minimum absolute atomic E-state index is 0.0493. The Labute approximate surface area is 107 Å². The summed E-state index contributed by atoms with van der Waals surface area (Å²) in [5.41, 5.74) is 0.384. The second kappa shape index (κ2) is 5.67. The second-order valence-electron chi connectivity index (χ2n) is 4.53. The van der Waals surface area contributed by atoms with Gasteiger partial charge in [0.1, 0.15) is 11.7 Å². The van der Waals surface area contributed by atoms with Crippen molar-refractivity contribution in [3.63, 3.8) is 0 Å². The Morgan fingerprint density at radius 2 is 2.22 bits per heavy atom. The number of esters is 1. The fourth-order valence-electron chi connectivity index (χ4n) is 2.19. The Balaban J connectivity index is 3.24. The molecule has 1 aliphatic rings. The number of allylic oxidation sites excluding steroid dienone is 1. The molecule has 0 radical (unpaired) electrons. The summed E-state index contributed by atoms with van der Waals surface area (Å²) in [5, 5.41) is 16.9. The lowest BCUT2D eigenvalue weighted by atomic mass is 9.76. The van der Waals surface area contributed by atoms with Crippen molar-refractivity contribution in [3.05, 3.63) is 11.3 Å². The van der Waals surface area contributed by atoms with E-state index in [0.29, 0.717) is 11.3 Å². The number of nitriles is 1. The largest absolute Gasteiger partial charge is 0.463 e. The van der Waals surface area contributed by atoms with Gasteiger partial charge in [0.25, 0.3) is 0 Å². The van der Waals surface area contributed by atoms with E-state index in [9.17, 15) is 4.79 Å². The van der Waals surface area contributed by atoms with E-state index >= 15 is 0 Å². The van der Waals surface area contributed by atoms with Crippen LogP contribution in [0.2, 0.25) is 0 Å². The average Bonchev–Trinajstić information content (AvgIpc) is 2.27. The molecule has 0 saturated heterocycles. The number of carbonyl (C=O) groups excluding carboxylic acids is 1. The van der Waals surface area contributed by atoms with E-state index in [2.05, 4.69) is 0 Å². The number of nitrogens with zero attached hydrogens (tertiary/aromatic N) is 1. The summed E-state index contributed by atoms with van der Waals surface area (Å²) in [7, 11) is 0. The SMILES string of the molecule is CCOC(=O)C1=C(C)OC(=N)C(C#N)C1C(C)C. The lowest BCUT2D eigenvalue weighted by Crippen LogP contribution is -2.37. The minimum atomic E-state index is -0.729. The number of ether oxygens (including phenoxy) is 2. The summed E-state index contributed by atoms with van der Waals surface area (Å²) in [4.78, 5) is 12.0. The summed E-state index contributed by atoms with van der Waals surface area (Å²) in [6.07, 6.45) is 0. The minimum Gasteiger partial charge on any atom is -0.463 e. The Hall–Kier alpha value is -1.83. The van der Waals surface area contributed by atoms with Gasteiger partial charge in [-0.1, -0.05) is 13.8 Å². The van der Waals surface area contributed by atoms with Gasteiger partial charge in [-0.15, -0.1) is 0 Å². The van der Waals surface area contributed by atoms with Gasteiger partial charge in [-0.05, 0) is 19.8 Å². The van der Waals surface area contributed by atoms with Crippen LogP contribution in [0.3, 0.4) is 0 Å². The molecule has 0 bridgehead atoms. The van der Waals surface area contributed by atoms with E-state index in [4.69, 9.17) is 20.1 Å². The molecule has 5 heteroatoms. The van der Waals surface area contributed by atoms with Crippen LogP contribution in [0, 0.1) is 34.5 Å². The zero-order valence-corrected chi connectivity index (χ0v) is 11.1. The Bertz CT molecular complexity index is 432. The van der Waals surface area contributed by atoms with Crippen molar-refractivity contribution in [2.24, 2.45) is 17.8 Å². The third-order valence-electron chi connectivity index (χ3n) is 2.97. The maximum absolute atomic E-state index is 12.0. The summed E-state index contributed by atoms with van der Waals surface area (Å²) < 4.78 is 10.2. The molecular weight excluding hydrogens is 232 g/mol. The number of carbonyl (C=O) groups is 1. The highest BCUT2D eigenvalue weighted by atomic mass is 16.5. The van der Waals surface area contributed by atoms with Gasteiger partial charge in [-0.3, -0.25) is 5.41 Å². The second-order valence-corrected chi connectivity index (χ2v) is 4.53. The highest BCUT2D eigenvalue weighted by molar-refractivity contribution is 5.94. The first kappa shape index (κ1) is 14.2. The molecule has 18 heavy (non-hydrogen) atoms. The molecule has 0 fully saturated rings. The number of hydrogen-bond acceptors (Lipinski definition) is 5. The van der Waals surface area contributed by atoms with Gasteiger partial charge in [0, 0.05) is 5.92 Å². The molecule has 1 rings (SSSR count). The van der Waals surface area contributed by atoms with E-state index in [-0.39, 0.29) is 24.3 Å². The van der Waals surface area contributed by atoms with Crippen molar-refractivity contribution < 1.29 is 14.3 Å². The number of hydrogen-bond donors (Lipinski definition) is 1. The Morgan fingerprint density at radius 3 is 2.67 bits per heavy atom. The van der Waals surface area contributed by atoms with E-state index in [1.807, 2.05) is 19.9 Å². The zero-order valence-electron chi connectivity index (χ0n) is 11.1. The first-order chi connectivity index (χ1) is 8.43. The third kappa shape index (κ3) is 2.53. The van der Waals surface area contributed by atoms with Crippen molar-refractivity contribution in [1.82, 2.24) is 0 Å². The maximum atomic E-state index is 12.0. The standard InChI is InChI=1S/C13H18N2O3/c1-5-17-13(16)11-8(4)18-12(15)9(6-14)10(11)7(2)3/h7,9-10,15H,5H2,1-4H3. The molecular formula is C13H18N2O3. The van der Waals surface area contributed by atoms with Crippen LogP contribution >= 0.6 is 0 Å². The smallest absolute Gasteiger partial charge is 0.337 e. The van der Waals surface area contributed by atoms with Gasteiger partial charge in [-0.2, -0.15) is 5.26 Å². The fourth-order valence-corrected chi connectivity index (χ4v) is 2.19. The van der Waals surface area contributed by atoms with Crippen LogP contribution in [0.25, 0.3) is 0 Å². The molecule has 2 unspecified atom stereocenters. The van der Waals surface area contributed by atoms with Crippen LogP contribution in [0.5, 0.6) is 0 Å². The topological polar surface area (TPSA) is 83.2 Å². The molecule has 0 aromatic rings. The van der Waals surface area contributed by atoms with E-state index in [0.717, 1.165) is 0 Å². The Kier molecular flexibility index (Phi) is 4.49. The van der Waals surface area contributed by atoms with Crippen LogP contribution in [0.1, 0.15) is 27.7 Å². The van der Waals surface area contributed by atoms with Crippen molar-refractivity contribution in [2.45, 2.75) is 27.7 Å². The van der Waals surface area contributed by atoms with Crippen LogP contribution < -0.4 is 0 Å². The highest BCUT2D eigenvalue weighted by Gasteiger charge is 2.41. The lowest BCUT2D eigenvalue weighted by Gasteiger charge is -2.32. The van der Waals surface area contributed by atoms with E-state index < -0.39 is 11.9 Å². The van der Waals surface area contributed by atoms with E-state index in [1.54, 1.807) is 13.8 Å². The van der Waals surface area contributed by atoms with Gasteiger partial charge in [0.2, 0.25) is 5.90 Å². The first-order valence-corrected chi connectivity index (χ1v) is 5.97. The normalized spacial score (nSPS) is 23.7. The molecule has 2 atom stereocenters. The lowest BCUT2D eigenvalue weighted by molar-refractivity contribution is -0.139. The summed E-state index contributed by atoms with van der Waals surface area (Å²) in [6.45, 7) is 7.46. The molecule has 98 valence electrons. The van der Waals surface area contributed by atoms with Gasteiger partial charge in [-0.25, -0.2) is 4.79 Å². The summed E-state index contributed by atoms with van der Waals surface area (Å²) >= 11 is 0. The predicted molar refractivity (Wildman–Crippen MR) is 65.6 cm³/mol. The monoisotopic (exact) mass is 250 g/mol. The molecule has 1 heterocycles. The van der Waals surface area contributed by atoms with E-state index in [1.165, 1.54) is 0 Å². The first-order valence-electron chi connectivity index (χ1n) is 5.97. The molecule has 0 saturated carbocycles. The van der Waals surface area contributed by atoms with Gasteiger partial charge >= 0.3 is 5.97 Å². The highest BCUT2D eigenvalue weighted by Crippen LogP contribution is 2.36. The predicted octanol–water partition coefficient (Wildman–Crippen LogP) is 2.24. The molecule has 5 nitrogen and oxygen atoms in total. The van der Waals surface area contributed by atoms with Gasteiger partial charge in [0.15, 0.2) is 0 Å². The number of rotatable bonds is 3. The van der Waals surface area contributed by atoms with Crippen LogP contribution in [-0.4, -0.2) is 18.5 Å². The number of nitrogens with one attached hydrogen (secondary N) is 1. The Morgan fingerprint density at radius 1 is 1.61 bits per heavy atom. The van der Waals surface area contributed by atoms with Crippen LogP contribution in [0.4, 0.5) is 0 Å². The van der Waals surface area contributed by atoms with Crippen LogP contribution in [-0.2, 0) is 14.3 Å².